The number of piperidine rings is 1. The molecule has 2 bridgehead atoms. The van der Waals surface area contributed by atoms with Crippen LogP contribution < -0.4 is 14.5 Å². The van der Waals surface area contributed by atoms with Crippen LogP contribution in [0, 0.1) is 35.4 Å². The van der Waals surface area contributed by atoms with Crippen molar-refractivity contribution in [3.8, 4) is 5.75 Å². The number of fused-ring (bicyclic) bond motifs is 9. The number of carbonyl (C=O) groups excluding carboxylic acids is 3. The average Bonchev–Trinajstić information content (AvgIpc) is 3.76. The molecule has 0 spiro atoms. The number of H-pyrrole nitrogens is 1. The van der Waals surface area contributed by atoms with E-state index in [4.69, 9.17) is 4.74 Å². The number of anilines is 1. The molecule has 4 fully saturated rings. The van der Waals surface area contributed by atoms with Crippen LogP contribution in [0.1, 0.15) is 42.0 Å². The Balaban J connectivity index is 1.16. The zero-order chi connectivity index (χ0) is 30.3. The van der Waals surface area contributed by atoms with E-state index in [0.717, 1.165) is 58.7 Å². The first-order valence-electron chi connectivity index (χ1n) is 15.0. The van der Waals surface area contributed by atoms with Crippen LogP contribution in [-0.4, -0.2) is 52.6 Å². The number of ether oxygens (including phenoxy) is 1. The van der Waals surface area contributed by atoms with Crippen molar-refractivity contribution in [2.45, 2.75) is 41.9 Å². The van der Waals surface area contributed by atoms with Crippen molar-refractivity contribution in [2.24, 2.45) is 29.6 Å². The van der Waals surface area contributed by atoms with E-state index < -0.39 is 17.7 Å². The lowest BCUT2D eigenvalue weighted by Gasteiger charge is -2.43. The van der Waals surface area contributed by atoms with Crippen LogP contribution in [0.25, 0.3) is 0 Å². The molecule has 8 nitrogen and oxygen atoms in total. The quantitative estimate of drug-likeness (QED) is 0.358. The number of hydrogen-bond acceptors (Lipinski definition) is 7. The van der Waals surface area contributed by atoms with Gasteiger partial charge in [0.15, 0.2) is 6.61 Å². The lowest BCUT2D eigenvalue weighted by molar-refractivity contribution is -0.134. The molecule has 3 amide bonds. The van der Waals surface area contributed by atoms with Crippen molar-refractivity contribution < 1.29 is 23.5 Å². The minimum absolute atomic E-state index is 0.00994. The smallest absolute Gasteiger partial charge is 0.305 e. The number of nitrogens with zero attached hydrogens (tertiary/aromatic N) is 2. The molecule has 1 N–H and O–H groups in total. The maximum Gasteiger partial charge on any atom is 0.305 e. The fourth-order valence-electron chi connectivity index (χ4n) is 8.48. The molecule has 2 aromatic carbocycles. The molecule has 12 heteroatoms. The number of thiazole rings is 1. The first-order chi connectivity index (χ1) is 21.3. The Labute approximate surface area is 269 Å². The molecule has 228 valence electrons. The lowest BCUT2D eigenvalue weighted by Crippen LogP contribution is -2.43. The number of halogens is 2. The number of aromatic amines is 1. The van der Waals surface area contributed by atoms with Gasteiger partial charge in [-0.25, -0.2) is 4.39 Å². The first kappa shape index (κ1) is 28.5. The van der Waals surface area contributed by atoms with Gasteiger partial charge in [0.05, 0.1) is 22.5 Å². The molecular weight excluding hydrogens is 669 g/mol. The highest BCUT2D eigenvalue weighted by molar-refractivity contribution is 9.10. The van der Waals surface area contributed by atoms with E-state index in [1.54, 1.807) is 11.8 Å². The second-order valence-corrected chi connectivity index (χ2v) is 15.5. The maximum atomic E-state index is 14.0. The second-order valence-electron chi connectivity index (χ2n) is 12.4. The highest BCUT2D eigenvalue weighted by Gasteiger charge is 2.69. The van der Waals surface area contributed by atoms with Crippen molar-refractivity contribution in [3.63, 3.8) is 0 Å². The molecule has 5 aliphatic rings. The van der Waals surface area contributed by atoms with Crippen molar-refractivity contribution in [3.05, 3.63) is 72.9 Å². The molecule has 2 aliphatic carbocycles. The SMILES string of the molecule is O=C(COc1ccc(Br)cc1[C@@H]1c2sc(=O)[nH]c2S[C@@H]2[C@@H]3C[C@@H]([C@@H]4C(=O)N(c5ccc(F)cc5)C(=O)[C@@H]34)[C@H]12)N1CCCCC1. The van der Waals surface area contributed by atoms with Gasteiger partial charge in [-0.2, -0.15) is 0 Å². The van der Waals surface area contributed by atoms with E-state index in [2.05, 4.69) is 20.9 Å². The van der Waals surface area contributed by atoms with E-state index in [-0.39, 0.29) is 58.1 Å². The van der Waals surface area contributed by atoms with Gasteiger partial charge in [-0.15, -0.1) is 11.8 Å². The van der Waals surface area contributed by atoms with Crippen LogP contribution in [0.5, 0.6) is 5.75 Å². The van der Waals surface area contributed by atoms with Gasteiger partial charge < -0.3 is 14.6 Å². The molecule has 4 heterocycles. The minimum Gasteiger partial charge on any atom is -0.483 e. The average molecular weight is 699 g/mol. The normalized spacial score (nSPS) is 30.4. The Morgan fingerprint density at radius 3 is 2.48 bits per heavy atom. The van der Waals surface area contributed by atoms with E-state index >= 15 is 0 Å². The molecule has 7 atom stereocenters. The third kappa shape index (κ3) is 4.42. The summed E-state index contributed by atoms with van der Waals surface area (Å²) in [6, 6.07) is 11.3. The topological polar surface area (TPSA) is 99.8 Å². The highest BCUT2D eigenvalue weighted by atomic mass is 79.9. The van der Waals surface area contributed by atoms with Crippen LogP contribution >= 0.6 is 39.0 Å². The Bertz CT molecular complexity index is 1740. The summed E-state index contributed by atoms with van der Waals surface area (Å²) in [4.78, 5) is 60.4. The Hall–Kier alpha value is -2.96. The molecule has 1 aromatic heterocycles. The Morgan fingerprint density at radius 2 is 1.73 bits per heavy atom. The Morgan fingerprint density at radius 1 is 1.00 bits per heavy atom. The molecule has 8 rings (SSSR count). The monoisotopic (exact) mass is 697 g/mol. The van der Waals surface area contributed by atoms with Gasteiger partial charge in [-0.1, -0.05) is 27.3 Å². The number of rotatable bonds is 5. The number of amides is 3. The maximum absolute atomic E-state index is 14.0. The zero-order valence-corrected chi connectivity index (χ0v) is 26.8. The number of carbonyl (C=O) groups is 3. The number of nitrogens with one attached hydrogen (secondary N) is 1. The van der Waals surface area contributed by atoms with Gasteiger partial charge in [0.1, 0.15) is 11.6 Å². The number of aromatic nitrogens is 1. The summed E-state index contributed by atoms with van der Waals surface area (Å²) in [7, 11) is 0. The number of hydrogen-bond donors (Lipinski definition) is 1. The van der Waals surface area contributed by atoms with Crippen LogP contribution in [0.15, 0.2) is 56.8 Å². The van der Waals surface area contributed by atoms with Crippen molar-refractivity contribution in [1.82, 2.24) is 9.88 Å². The highest BCUT2D eigenvalue weighted by Crippen LogP contribution is 2.69. The van der Waals surface area contributed by atoms with E-state index in [0.29, 0.717) is 11.4 Å². The molecule has 44 heavy (non-hydrogen) atoms. The number of thioether (sulfide) groups is 1. The predicted octanol–water partition coefficient (Wildman–Crippen LogP) is 5.41. The van der Waals surface area contributed by atoms with Gasteiger partial charge in [0, 0.05) is 39.2 Å². The largest absolute Gasteiger partial charge is 0.483 e. The van der Waals surface area contributed by atoms with Gasteiger partial charge in [-0.3, -0.25) is 24.1 Å². The second kappa shape index (κ2) is 10.8. The summed E-state index contributed by atoms with van der Waals surface area (Å²) in [6.45, 7) is 1.41. The van der Waals surface area contributed by atoms with Gasteiger partial charge in [0.2, 0.25) is 11.8 Å². The number of benzene rings is 2. The van der Waals surface area contributed by atoms with E-state index in [1.807, 2.05) is 23.1 Å². The fourth-order valence-corrected chi connectivity index (χ4v) is 11.7. The molecule has 0 radical (unpaired) electrons. The molecule has 2 saturated heterocycles. The fraction of sp³-hybridized carbons (Fsp3) is 0.438. The third-order valence-corrected chi connectivity index (χ3v) is 13.3. The minimum atomic E-state index is -0.476. The summed E-state index contributed by atoms with van der Waals surface area (Å²) >= 11 is 6.43. The van der Waals surface area contributed by atoms with Gasteiger partial charge in [-0.05, 0) is 85.9 Å². The summed E-state index contributed by atoms with van der Waals surface area (Å²) in [6.07, 6.45) is 3.88. The van der Waals surface area contributed by atoms with E-state index in [1.165, 1.54) is 40.5 Å². The van der Waals surface area contributed by atoms with Gasteiger partial charge in [0.25, 0.3) is 5.91 Å². The molecule has 3 aliphatic heterocycles. The number of imide groups is 1. The van der Waals surface area contributed by atoms with Crippen molar-refractivity contribution in [1.29, 1.82) is 0 Å². The van der Waals surface area contributed by atoms with Crippen LogP contribution in [-0.2, 0) is 14.4 Å². The third-order valence-electron chi connectivity index (χ3n) is 10.2. The standard InChI is InChI=1S/C32H29BrFN3O5S2/c33-15-4-9-21(42-14-22(38)36-10-2-1-3-11-36)18(12-15)23-24-19-13-20(27(24)43-29-28(23)44-32(41)35-29)26-25(19)30(39)37(31(26)40)17-7-5-16(34)6-8-17/h4-9,12,19-20,23-27H,1-3,10-11,13-14H2,(H,35,41)/t19-,20-,23+,24-,25+,26+,27-/m1/s1. The summed E-state index contributed by atoms with van der Waals surface area (Å²) < 4.78 is 20.8. The van der Waals surface area contributed by atoms with Crippen molar-refractivity contribution >= 4 is 62.4 Å². The summed E-state index contributed by atoms with van der Waals surface area (Å²) in [5.74, 6) is -1.66. The predicted molar refractivity (Wildman–Crippen MR) is 167 cm³/mol. The lowest BCUT2D eigenvalue weighted by atomic mass is 9.68. The van der Waals surface area contributed by atoms with Crippen LogP contribution in [0.2, 0.25) is 0 Å². The van der Waals surface area contributed by atoms with Crippen molar-refractivity contribution in [2.75, 3.05) is 24.6 Å². The first-order valence-corrected chi connectivity index (χ1v) is 17.5. The Kier molecular flexibility index (Phi) is 7.02. The van der Waals surface area contributed by atoms with Gasteiger partial charge >= 0.3 is 4.87 Å². The summed E-state index contributed by atoms with van der Waals surface area (Å²) in [5, 5.41) is 0.813. The molecule has 0 unspecified atom stereocenters. The molecular formula is C32H29BrFN3O5S2. The van der Waals surface area contributed by atoms with Crippen LogP contribution in [0.4, 0.5) is 10.1 Å². The van der Waals surface area contributed by atoms with Crippen LogP contribution in [0.3, 0.4) is 0 Å². The summed E-state index contributed by atoms with van der Waals surface area (Å²) in [5.41, 5.74) is 1.26. The zero-order valence-electron chi connectivity index (χ0n) is 23.5. The van der Waals surface area contributed by atoms with E-state index in [9.17, 15) is 23.6 Å². The molecule has 3 aromatic rings. The number of likely N-dealkylation sites (tertiary alicyclic amines) is 1. The molecule has 2 saturated carbocycles.